The van der Waals surface area contributed by atoms with Crippen LogP contribution < -0.4 is 0 Å². The maximum Gasteiger partial charge on any atom is 0.0223 e. The van der Waals surface area contributed by atoms with E-state index in [0.717, 1.165) is 6.04 Å². The lowest BCUT2D eigenvalue weighted by Gasteiger charge is -2.31. The van der Waals surface area contributed by atoms with E-state index in [1.54, 1.807) is 0 Å². The van der Waals surface area contributed by atoms with Crippen molar-refractivity contribution in [2.75, 3.05) is 32.7 Å². The van der Waals surface area contributed by atoms with Gasteiger partial charge in [-0.25, -0.2) is 0 Å². The zero-order chi connectivity index (χ0) is 12.6. The quantitative estimate of drug-likeness (QED) is 0.610. The number of rotatable bonds is 8. The molecule has 0 radical (unpaired) electrons. The molecule has 2 aliphatic heterocycles. The van der Waals surface area contributed by atoms with Gasteiger partial charge in [0.15, 0.2) is 0 Å². The Morgan fingerprint density at radius 2 is 1.50 bits per heavy atom. The van der Waals surface area contributed by atoms with Crippen LogP contribution in [0.4, 0.5) is 0 Å². The maximum absolute atomic E-state index is 2.78. The molecule has 0 N–H and O–H groups in total. The molecule has 2 heterocycles. The Kier molecular flexibility index (Phi) is 6.50. The highest BCUT2D eigenvalue weighted by Crippen LogP contribution is 2.19. The first kappa shape index (κ1) is 14.3. The molecule has 0 aliphatic carbocycles. The highest BCUT2D eigenvalue weighted by Gasteiger charge is 2.24. The lowest BCUT2D eigenvalue weighted by atomic mass is 10.1. The molecule has 2 heteroatoms. The van der Waals surface area contributed by atoms with Gasteiger partial charge in [0.25, 0.3) is 0 Å². The van der Waals surface area contributed by atoms with Gasteiger partial charge < -0.3 is 4.90 Å². The minimum absolute atomic E-state index is 0.863. The third kappa shape index (κ3) is 4.55. The molecule has 106 valence electrons. The number of hydrogen-bond acceptors (Lipinski definition) is 2. The second kappa shape index (κ2) is 8.16. The molecule has 18 heavy (non-hydrogen) atoms. The van der Waals surface area contributed by atoms with Gasteiger partial charge in [-0.3, -0.25) is 4.90 Å². The average Bonchev–Trinajstić information content (AvgIpc) is 3.05. The summed E-state index contributed by atoms with van der Waals surface area (Å²) in [6.45, 7) is 9.12. The van der Waals surface area contributed by atoms with E-state index in [1.807, 2.05) is 0 Å². The van der Waals surface area contributed by atoms with E-state index in [4.69, 9.17) is 0 Å². The van der Waals surface area contributed by atoms with E-state index in [0.29, 0.717) is 0 Å². The van der Waals surface area contributed by atoms with Crippen LogP contribution in [0.25, 0.3) is 0 Å². The predicted octanol–water partition coefficient (Wildman–Crippen LogP) is 3.52. The van der Waals surface area contributed by atoms with Gasteiger partial charge in [-0.15, -0.1) is 0 Å². The Morgan fingerprint density at radius 1 is 0.833 bits per heavy atom. The second-order valence-corrected chi connectivity index (χ2v) is 6.25. The Morgan fingerprint density at radius 3 is 2.17 bits per heavy atom. The molecule has 0 bridgehead atoms. The molecule has 2 saturated heterocycles. The molecule has 0 aromatic heterocycles. The van der Waals surface area contributed by atoms with Crippen LogP contribution in [0, 0.1) is 0 Å². The monoisotopic (exact) mass is 252 g/mol. The molecule has 0 aromatic rings. The zero-order valence-corrected chi connectivity index (χ0v) is 12.4. The minimum atomic E-state index is 0.863. The summed E-state index contributed by atoms with van der Waals surface area (Å²) in [6.07, 6.45) is 12.9. The van der Waals surface area contributed by atoms with Crippen LogP contribution >= 0.6 is 0 Å². The summed E-state index contributed by atoms with van der Waals surface area (Å²) < 4.78 is 0. The average molecular weight is 252 g/mol. The normalized spacial score (nSPS) is 23.8. The Labute approximate surface area is 114 Å². The van der Waals surface area contributed by atoms with Gasteiger partial charge in [0.1, 0.15) is 0 Å². The predicted molar refractivity (Wildman–Crippen MR) is 79.0 cm³/mol. The van der Waals surface area contributed by atoms with E-state index < -0.39 is 0 Å². The third-order valence-electron chi connectivity index (χ3n) is 4.72. The molecule has 0 saturated carbocycles. The van der Waals surface area contributed by atoms with Crippen molar-refractivity contribution in [2.45, 2.75) is 70.8 Å². The van der Waals surface area contributed by atoms with Gasteiger partial charge in [-0.2, -0.15) is 0 Å². The van der Waals surface area contributed by atoms with Crippen molar-refractivity contribution in [3.8, 4) is 0 Å². The van der Waals surface area contributed by atoms with Crippen LogP contribution in [-0.2, 0) is 0 Å². The highest BCUT2D eigenvalue weighted by atomic mass is 15.2. The lowest BCUT2D eigenvalue weighted by Crippen LogP contribution is -2.41. The van der Waals surface area contributed by atoms with E-state index in [9.17, 15) is 0 Å². The van der Waals surface area contributed by atoms with Crippen molar-refractivity contribution in [2.24, 2.45) is 0 Å². The number of likely N-dealkylation sites (tertiary alicyclic amines) is 2. The van der Waals surface area contributed by atoms with Crippen LogP contribution in [0.3, 0.4) is 0 Å². The highest BCUT2D eigenvalue weighted by molar-refractivity contribution is 4.81. The van der Waals surface area contributed by atoms with Crippen molar-refractivity contribution in [3.05, 3.63) is 0 Å². The standard InChI is InChI=1S/C16H32N2/c1-2-3-4-5-10-16(18-13-8-9-14-18)15-17-11-6-7-12-17/h16H,2-15H2,1H3/t16-/m0/s1. The van der Waals surface area contributed by atoms with Crippen molar-refractivity contribution < 1.29 is 0 Å². The summed E-state index contributed by atoms with van der Waals surface area (Å²) in [7, 11) is 0. The molecule has 2 aliphatic rings. The zero-order valence-electron chi connectivity index (χ0n) is 12.4. The lowest BCUT2D eigenvalue weighted by molar-refractivity contribution is 0.167. The summed E-state index contributed by atoms with van der Waals surface area (Å²) in [5, 5.41) is 0. The van der Waals surface area contributed by atoms with E-state index in [-0.39, 0.29) is 0 Å². The summed E-state index contributed by atoms with van der Waals surface area (Å²) in [5.74, 6) is 0. The smallest absolute Gasteiger partial charge is 0.0223 e. The Bertz CT molecular complexity index is 205. The van der Waals surface area contributed by atoms with Crippen molar-refractivity contribution in [3.63, 3.8) is 0 Å². The first-order valence-corrected chi connectivity index (χ1v) is 8.36. The van der Waals surface area contributed by atoms with Gasteiger partial charge in [0.2, 0.25) is 0 Å². The Hall–Kier alpha value is -0.0800. The van der Waals surface area contributed by atoms with E-state index >= 15 is 0 Å². The van der Waals surface area contributed by atoms with Crippen LogP contribution in [0.5, 0.6) is 0 Å². The molecule has 0 spiro atoms. The summed E-state index contributed by atoms with van der Waals surface area (Å²) in [5.41, 5.74) is 0. The number of hydrogen-bond donors (Lipinski definition) is 0. The minimum Gasteiger partial charge on any atom is -0.302 e. The molecule has 2 nitrogen and oxygen atoms in total. The summed E-state index contributed by atoms with van der Waals surface area (Å²) in [4.78, 5) is 5.49. The third-order valence-corrected chi connectivity index (χ3v) is 4.72. The van der Waals surface area contributed by atoms with Gasteiger partial charge in [-0.1, -0.05) is 32.6 Å². The molecule has 0 unspecified atom stereocenters. The van der Waals surface area contributed by atoms with Crippen molar-refractivity contribution in [1.82, 2.24) is 9.80 Å². The fourth-order valence-corrected chi connectivity index (χ4v) is 3.57. The second-order valence-electron chi connectivity index (χ2n) is 6.25. The maximum atomic E-state index is 2.78. The van der Waals surface area contributed by atoms with E-state index in [2.05, 4.69) is 16.7 Å². The molecule has 2 fully saturated rings. The fourth-order valence-electron chi connectivity index (χ4n) is 3.57. The summed E-state index contributed by atoms with van der Waals surface area (Å²) >= 11 is 0. The van der Waals surface area contributed by atoms with Crippen LogP contribution in [0.1, 0.15) is 64.7 Å². The SMILES string of the molecule is CCCCCC[C@@H](CN1CCCC1)N1CCCC1. The van der Waals surface area contributed by atoms with Gasteiger partial charge in [0.05, 0.1) is 0 Å². The van der Waals surface area contributed by atoms with Crippen LogP contribution in [0.15, 0.2) is 0 Å². The molecular weight excluding hydrogens is 220 g/mol. The van der Waals surface area contributed by atoms with Gasteiger partial charge in [0, 0.05) is 12.6 Å². The van der Waals surface area contributed by atoms with Crippen LogP contribution in [0.2, 0.25) is 0 Å². The number of unbranched alkanes of at least 4 members (excludes halogenated alkanes) is 3. The fraction of sp³-hybridized carbons (Fsp3) is 1.00. The van der Waals surface area contributed by atoms with Gasteiger partial charge in [-0.05, 0) is 58.3 Å². The van der Waals surface area contributed by atoms with Crippen LogP contribution in [-0.4, -0.2) is 48.6 Å². The Balaban J connectivity index is 1.73. The van der Waals surface area contributed by atoms with E-state index in [1.165, 1.54) is 90.5 Å². The molecule has 0 amide bonds. The molecule has 2 rings (SSSR count). The largest absolute Gasteiger partial charge is 0.302 e. The van der Waals surface area contributed by atoms with Crippen molar-refractivity contribution >= 4 is 0 Å². The first-order chi connectivity index (χ1) is 8.90. The summed E-state index contributed by atoms with van der Waals surface area (Å²) in [6, 6.07) is 0.863. The topological polar surface area (TPSA) is 6.48 Å². The molecule has 1 atom stereocenters. The molecule has 0 aromatic carbocycles. The number of nitrogens with zero attached hydrogens (tertiary/aromatic N) is 2. The van der Waals surface area contributed by atoms with Crippen molar-refractivity contribution in [1.29, 1.82) is 0 Å². The molecular formula is C16H32N2. The first-order valence-electron chi connectivity index (χ1n) is 8.36. The van der Waals surface area contributed by atoms with Gasteiger partial charge >= 0.3 is 0 Å².